The number of nitrogen functional groups attached to an aromatic ring is 1. The number of likely N-dealkylation sites (tertiary alicyclic amines) is 1. The minimum atomic E-state index is -0.423. The van der Waals surface area contributed by atoms with E-state index < -0.39 is 5.60 Å². The number of pyridine rings is 1. The SMILES string of the molecule is Cc1cc(N)cc(N2CCC(C3CCN(C(=O)OC(C)(C)C)CC3)CC2)n1. The van der Waals surface area contributed by atoms with E-state index in [1.54, 1.807) is 0 Å². The topological polar surface area (TPSA) is 71.7 Å². The largest absolute Gasteiger partial charge is 0.444 e. The highest BCUT2D eigenvalue weighted by Crippen LogP contribution is 2.34. The average molecular weight is 375 g/mol. The number of nitrogens with two attached hydrogens (primary N) is 1. The van der Waals surface area contributed by atoms with Crippen molar-refractivity contribution >= 4 is 17.6 Å². The highest BCUT2D eigenvalue weighted by molar-refractivity contribution is 5.68. The van der Waals surface area contributed by atoms with Gasteiger partial charge in [-0.25, -0.2) is 9.78 Å². The van der Waals surface area contributed by atoms with Gasteiger partial charge >= 0.3 is 6.09 Å². The van der Waals surface area contributed by atoms with Crippen molar-refractivity contribution in [3.8, 4) is 0 Å². The Balaban J connectivity index is 1.48. The van der Waals surface area contributed by atoms with E-state index in [-0.39, 0.29) is 6.09 Å². The van der Waals surface area contributed by atoms with Crippen molar-refractivity contribution < 1.29 is 9.53 Å². The molecule has 0 radical (unpaired) electrons. The molecule has 0 unspecified atom stereocenters. The summed E-state index contributed by atoms with van der Waals surface area (Å²) < 4.78 is 5.50. The minimum absolute atomic E-state index is 0.168. The summed E-state index contributed by atoms with van der Waals surface area (Å²) in [7, 11) is 0. The second-order valence-electron chi connectivity index (χ2n) is 9.03. The van der Waals surface area contributed by atoms with Gasteiger partial charge in [0.15, 0.2) is 0 Å². The summed E-state index contributed by atoms with van der Waals surface area (Å²) in [6.45, 7) is 11.4. The summed E-state index contributed by atoms with van der Waals surface area (Å²) in [5, 5.41) is 0. The molecule has 0 bridgehead atoms. The van der Waals surface area contributed by atoms with Gasteiger partial charge in [0, 0.05) is 43.6 Å². The Hall–Kier alpha value is -1.98. The smallest absolute Gasteiger partial charge is 0.410 e. The zero-order chi connectivity index (χ0) is 19.6. The zero-order valence-electron chi connectivity index (χ0n) is 17.2. The minimum Gasteiger partial charge on any atom is -0.444 e. The van der Waals surface area contributed by atoms with Gasteiger partial charge in [0.25, 0.3) is 0 Å². The van der Waals surface area contributed by atoms with E-state index in [4.69, 9.17) is 10.5 Å². The van der Waals surface area contributed by atoms with Crippen LogP contribution in [0.3, 0.4) is 0 Å². The van der Waals surface area contributed by atoms with Crippen LogP contribution in [0.2, 0.25) is 0 Å². The molecule has 2 aliphatic heterocycles. The Bertz CT molecular complexity index is 634. The molecule has 1 aromatic rings. The van der Waals surface area contributed by atoms with E-state index in [0.29, 0.717) is 5.92 Å². The number of anilines is 2. The van der Waals surface area contributed by atoms with Gasteiger partial charge in [-0.15, -0.1) is 0 Å². The lowest BCUT2D eigenvalue weighted by Crippen LogP contribution is -2.44. The first-order valence-electron chi connectivity index (χ1n) is 10.2. The van der Waals surface area contributed by atoms with E-state index in [1.165, 1.54) is 12.8 Å². The van der Waals surface area contributed by atoms with Gasteiger partial charge in [0.2, 0.25) is 0 Å². The van der Waals surface area contributed by atoms with Crippen LogP contribution < -0.4 is 10.6 Å². The van der Waals surface area contributed by atoms with Crippen molar-refractivity contribution in [2.45, 2.75) is 59.0 Å². The predicted molar refractivity (Wildman–Crippen MR) is 109 cm³/mol. The molecular weight excluding hydrogens is 340 g/mol. The molecule has 2 N–H and O–H groups in total. The van der Waals surface area contributed by atoms with Crippen LogP contribution in [0.4, 0.5) is 16.3 Å². The number of carbonyl (C=O) groups excluding carboxylic acids is 1. The van der Waals surface area contributed by atoms with Gasteiger partial charge in [0.05, 0.1) is 0 Å². The fourth-order valence-corrected chi connectivity index (χ4v) is 4.32. The third-order valence-corrected chi connectivity index (χ3v) is 5.68. The van der Waals surface area contributed by atoms with Crippen molar-refractivity contribution in [1.82, 2.24) is 9.88 Å². The van der Waals surface area contributed by atoms with E-state index in [1.807, 2.05) is 44.7 Å². The van der Waals surface area contributed by atoms with Gasteiger partial charge < -0.3 is 20.3 Å². The molecular formula is C21H34N4O2. The molecule has 2 fully saturated rings. The molecule has 0 aliphatic carbocycles. The Morgan fingerprint density at radius 3 is 2.15 bits per heavy atom. The molecule has 150 valence electrons. The van der Waals surface area contributed by atoms with Gasteiger partial charge in [0.1, 0.15) is 11.4 Å². The summed E-state index contributed by atoms with van der Waals surface area (Å²) in [6, 6.07) is 3.89. The van der Waals surface area contributed by atoms with Crippen molar-refractivity contribution in [3.05, 3.63) is 17.8 Å². The second-order valence-corrected chi connectivity index (χ2v) is 9.03. The number of piperidine rings is 2. The summed E-state index contributed by atoms with van der Waals surface area (Å²) >= 11 is 0. The maximum Gasteiger partial charge on any atom is 0.410 e. The number of nitrogens with zero attached hydrogens (tertiary/aromatic N) is 3. The standard InChI is InChI=1S/C21H34N4O2/c1-15-13-18(22)14-19(23-15)24-9-5-16(6-10-24)17-7-11-25(12-8-17)20(26)27-21(2,3)4/h13-14,16-17H,5-12H2,1-4H3,(H2,22,23). The number of amides is 1. The van der Waals surface area contributed by atoms with Crippen LogP contribution in [0.15, 0.2) is 12.1 Å². The number of carbonyl (C=O) groups is 1. The predicted octanol–water partition coefficient (Wildman–Crippen LogP) is 3.84. The first-order valence-corrected chi connectivity index (χ1v) is 10.2. The van der Waals surface area contributed by atoms with Crippen LogP contribution in [0.25, 0.3) is 0 Å². The molecule has 2 aliphatic rings. The van der Waals surface area contributed by atoms with E-state index in [0.717, 1.165) is 62.1 Å². The second kappa shape index (κ2) is 7.95. The Morgan fingerprint density at radius 1 is 1.07 bits per heavy atom. The highest BCUT2D eigenvalue weighted by atomic mass is 16.6. The number of rotatable bonds is 2. The fourth-order valence-electron chi connectivity index (χ4n) is 4.32. The summed E-state index contributed by atoms with van der Waals surface area (Å²) in [5.41, 5.74) is 7.31. The molecule has 3 rings (SSSR count). The molecule has 1 amide bonds. The summed E-state index contributed by atoms with van der Waals surface area (Å²) in [5.74, 6) is 2.45. The Kier molecular flexibility index (Phi) is 5.82. The first kappa shape index (κ1) is 19.8. The number of hydrogen-bond acceptors (Lipinski definition) is 5. The zero-order valence-corrected chi connectivity index (χ0v) is 17.2. The molecule has 0 spiro atoms. The van der Waals surface area contributed by atoms with Crippen molar-refractivity contribution in [3.63, 3.8) is 0 Å². The molecule has 0 atom stereocenters. The number of hydrogen-bond donors (Lipinski definition) is 1. The molecule has 0 saturated carbocycles. The fraction of sp³-hybridized carbons (Fsp3) is 0.714. The third kappa shape index (κ3) is 5.27. The monoisotopic (exact) mass is 374 g/mol. The molecule has 27 heavy (non-hydrogen) atoms. The summed E-state index contributed by atoms with van der Waals surface area (Å²) in [6.07, 6.45) is 4.37. The van der Waals surface area contributed by atoms with E-state index >= 15 is 0 Å². The van der Waals surface area contributed by atoms with Crippen LogP contribution in [0.1, 0.15) is 52.1 Å². The van der Waals surface area contributed by atoms with E-state index in [9.17, 15) is 4.79 Å². The van der Waals surface area contributed by atoms with Gasteiger partial charge in [-0.05, 0) is 71.3 Å². The van der Waals surface area contributed by atoms with Crippen LogP contribution in [0, 0.1) is 18.8 Å². The van der Waals surface area contributed by atoms with Crippen LogP contribution in [0.5, 0.6) is 0 Å². The lowest BCUT2D eigenvalue weighted by molar-refractivity contribution is 0.0152. The average Bonchev–Trinajstić information content (AvgIpc) is 2.60. The lowest BCUT2D eigenvalue weighted by Gasteiger charge is -2.40. The van der Waals surface area contributed by atoms with Gasteiger partial charge in [-0.1, -0.05) is 0 Å². The molecule has 0 aromatic carbocycles. The quantitative estimate of drug-likeness (QED) is 0.852. The number of aromatic nitrogens is 1. The van der Waals surface area contributed by atoms with Crippen molar-refractivity contribution in [1.29, 1.82) is 0 Å². The molecule has 6 nitrogen and oxygen atoms in total. The number of aryl methyl sites for hydroxylation is 1. The van der Waals surface area contributed by atoms with Crippen molar-refractivity contribution in [2.24, 2.45) is 11.8 Å². The maximum absolute atomic E-state index is 12.2. The number of ether oxygens (including phenoxy) is 1. The van der Waals surface area contributed by atoms with E-state index in [2.05, 4.69) is 9.88 Å². The van der Waals surface area contributed by atoms with Crippen LogP contribution in [-0.2, 0) is 4.74 Å². The highest BCUT2D eigenvalue weighted by Gasteiger charge is 2.32. The van der Waals surface area contributed by atoms with Crippen molar-refractivity contribution in [2.75, 3.05) is 36.8 Å². The molecule has 6 heteroatoms. The Labute approximate surface area is 163 Å². The van der Waals surface area contributed by atoms with Crippen LogP contribution >= 0.6 is 0 Å². The maximum atomic E-state index is 12.2. The normalized spacial score (nSPS) is 20.0. The van der Waals surface area contributed by atoms with Gasteiger partial charge in [-0.2, -0.15) is 0 Å². The lowest BCUT2D eigenvalue weighted by atomic mass is 9.79. The van der Waals surface area contributed by atoms with Gasteiger partial charge in [-0.3, -0.25) is 0 Å². The summed E-state index contributed by atoms with van der Waals surface area (Å²) in [4.78, 5) is 21.1. The molecule has 1 aromatic heterocycles. The first-order chi connectivity index (χ1) is 12.7. The molecule has 2 saturated heterocycles. The third-order valence-electron chi connectivity index (χ3n) is 5.68. The molecule has 3 heterocycles. The Morgan fingerprint density at radius 2 is 1.63 bits per heavy atom. The van der Waals surface area contributed by atoms with Crippen LogP contribution in [-0.4, -0.2) is 47.8 Å².